The number of pyridine rings is 1. The molecule has 0 aliphatic carbocycles. The van der Waals surface area contributed by atoms with Gasteiger partial charge in [0.05, 0.1) is 0 Å². The van der Waals surface area contributed by atoms with Gasteiger partial charge in [0.15, 0.2) is 0 Å². The Morgan fingerprint density at radius 3 is 2.40 bits per heavy atom. The standard InChI is InChI=1S/C13H11NO/c1-2-11-6-8-12(9-7-11)14-10-4-3-5-13(14)15/h2-10H,1H2. The number of benzene rings is 1. The Morgan fingerprint density at radius 1 is 1.07 bits per heavy atom. The minimum atomic E-state index is -0.0242. The van der Waals surface area contributed by atoms with Crippen LogP contribution in [0.3, 0.4) is 0 Å². The van der Waals surface area contributed by atoms with Crippen LogP contribution in [-0.4, -0.2) is 4.57 Å². The molecular weight excluding hydrogens is 186 g/mol. The van der Waals surface area contributed by atoms with Crippen molar-refractivity contribution in [1.82, 2.24) is 4.57 Å². The lowest BCUT2D eigenvalue weighted by Crippen LogP contribution is -2.15. The molecule has 2 heteroatoms. The summed E-state index contributed by atoms with van der Waals surface area (Å²) < 4.78 is 1.60. The topological polar surface area (TPSA) is 22.0 Å². The molecule has 74 valence electrons. The van der Waals surface area contributed by atoms with Gasteiger partial charge in [-0.3, -0.25) is 9.36 Å². The summed E-state index contributed by atoms with van der Waals surface area (Å²) in [5.74, 6) is 0. The van der Waals surface area contributed by atoms with Crippen molar-refractivity contribution in [2.75, 3.05) is 0 Å². The van der Waals surface area contributed by atoms with Crippen LogP contribution >= 0.6 is 0 Å². The molecule has 0 radical (unpaired) electrons. The first-order valence-corrected chi connectivity index (χ1v) is 4.72. The van der Waals surface area contributed by atoms with Crippen LogP contribution in [0.4, 0.5) is 0 Å². The molecule has 1 aromatic carbocycles. The molecule has 0 aliphatic heterocycles. The first kappa shape index (κ1) is 9.46. The largest absolute Gasteiger partial charge is 0.284 e. The summed E-state index contributed by atoms with van der Waals surface area (Å²) in [7, 11) is 0. The summed E-state index contributed by atoms with van der Waals surface area (Å²) in [5.41, 5.74) is 1.89. The van der Waals surface area contributed by atoms with E-state index in [9.17, 15) is 4.79 Å². The summed E-state index contributed by atoms with van der Waals surface area (Å²) in [4.78, 5) is 11.5. The van der Waals surface area contributed by atoms with Crippen LogP contribution in [-0.2, 0) is 0 Å². The highest BCUT2D eigenvalue weighted by Crippen LogP contribution is 2.08. The maximum atomic E-state index is 11.5. The zero-order chi connectivity index (χ0) is 10.7. The fourth-order valence-corrected chi connectivity index (χ4v) is 1.41. The van der Waals surface area contributed by atoms with Crippen LogP contribution in [0.1, 0.15) is 5.56 Å². The van der Waals surface area contributed by atoms with Gasteiger partial charge < -0.3 is 0 Å². The molecule has 1 aromatic heterocycles. The van der Waals surface area contributed by atoms with E-state index in [1.807, 2.05) is 30.3 Å². The molecule has 0 aliphatic rings. The average Bonchev–Trinajstić information content (AvgIpc) is 2.30. The summed E-state index contributed by atoms with van der Waals surface area (Å²) in [6, 6.07) is 12.8. The van der Waals surface area contributed by atoms with Crippen molar-refractivity contribution in [3.63, 3.8) is 0 Å². The maximum Gasteiger partial charge on any atom is 0.255 e. The quantitative estimate of drug-likeness (QED) is 0.725. The van der Waals surface area contributed by atoms with E-state index < -0.39 is 0 Å². The Labute approximate surface area is 88.1 Å². The van der Waals surface area contributed by atoms with Crippen molar-refractivity contribution < 1.29 is 0 Å². The molecule has 2 nitrogen and oxygen atoms in total. The van der Waals surface area contributed by atoms with Crippen LogP contribution in [0, 0.1) is 0 Å². The third-order valence-electron chi connectivity index (χ3n) is 2.23. The monoisotopic (exact) mass is 197 g/mol. The van der Waals surface area contributed by atoms with E-state index in [2.05, 4.69) is 6.58 Å². The van der Waals surface area contributed by atoms with Crippen LogP contribution < -0.4 is 5.56 Å². The lowest BCUT2D eigenvalue weighted by Gasteiger charge is -2.04. The molecule has 0 N–H and O–H groups in total. The Kier molecular flexibility index (Phi) is 2.50. The molecule has 0 saturated heterocycles. The molecule has 0 spiro atoms. The highest BCUT2D eigenvalue weighted by Gasteiger charge is 1.96. The third kappa shape index (κ3) is 1.89. The summed E-state index contributed by atoms with van der Waals surface area (Å²) in [6.45, 7) is 3.68. The number of hydrogen-bond acceptors (Lipinski definition) is 1. The zero-order valence-corrected chi connectivity index (χ0v) is 8.26. The summed E-state index contributed by atoms with van der Waals surface area (Å²) in [6.07, 6.45) is 3.53. The van der Waals surface area contributed by atoms with E-state index in [1.165, 1.54) is 0 Å². The third-order valence-corrected chi connectivity index (χ3v) is 2.23. The number of aromatic nitrogens is 1. The van der Waals surface area contributed by atoms with Gasteiger partial charge in [-0.2, -0.15) is 0 Å². The van der Waals surface area contributed by atoms with E-state index in [0.717, 1.165) is 11.3 Å². The molecule has 2 rings (SSSR count). The molecule has 15 heavy (non-hydrogen) atoms. The van der Waals surface area contributed by atoms with E-state index >= 15 is 0 Å². The van der Waals surface area contributed by atoms with E-state index in [0.29, 0.717) is 0 Å². The predicted octanol–water partition coefficient (Wildman–Crippen LogP) is 2.48. The number of rotatable bonds is 2. The molecule has 0 fully saturated rings. The summed E-state index contributed by atoms with van der Waals surface area (Å²) in [5, 5.41) is 0. The van der Waals surface area contributed by atoms with Gasteiger partial charge in [-0.25, -0.2) is 0 Å². The van der Waals surface area contributed by atoms with Crippen molar-refractivity contribution >= 4 is 6.08 Å². The van der Waals surface area contributed by atoms with Crippen molar-refractivity contribution in [2.24, 2.45) is 0 Å². The second kappa shape index (κ2) is 3.96. The Bertz CT molecular complexity index is 523. The minimum absolute atomic E-state index is 0.0242. The van der Waals surface area contributed by atoms with Crippen LogP contribution in [0.25, 0.3) is 11.8 Å². The zero-order valence-electron chi connectivity index (χ0n) is 8.26. The smallest absolute Gasteiger partial charge is 0.255 e. The van der Waals surface area contributed by atoms with Gasteiger partial charge in [0, 0.05) is 18.0 Å². The minimum Gasteiger partial charge on any atom is -0.284 e. The van der Waals surface area contributed by atoms with Crippen molar-refractivity contribution in [2.45, 2.75) is 0 Å². The average molecular weight is 197 g/mol. The normalized spacial score (nSPS) is 9.87. The van der Waals surface area contributed by atoms with Gasteiger partial charge >= 0.3 is 0 Å². The second-order valence-electron chi connectivity index (χ2n) is 3.20. The molecule has 0 saturated carbocycles. The number of hydrogen-bond donors (Lipinski definition) is 0. The Morgan fingerprint density at radius 2 is 1.80 bits per heavy atom. The van der Waals surface area contributed by atoms with Crippen molar-refractivity contribution in [1.29, 1.82) is 0 Å². The van der Waals surface area contributed by atoms with Crippen LogP contribution in [0.2, 0.25) is 0 Å². The van der Waals surface area contributed by atoms with Crippen LogP contribution in [0.5, 0.6) is 0 Å². The molecule has 0 amide bonds. The molecule has 0 atom stereocenters. The molecule has 2 aromatic rings. The lowest BCUT2D eigenvalue weighted by molar-refractivity contribution is 0.990. The predicted molar refractivity (Wildman–Crippen MR) is 62.1 cm³/mol. The number of nitrogens with zero attached hydrogens (tertiary/aromatic N) is 1. The lowest BCUT2D eigenvalue weighted by atomic mass is 10.2. The van der Waals surface area contributed by atoms with Crippen molar-refractivity contribution in [3.05, 3.63) is 71.2 Å². The molecule has 0 bridgehead atoms. The highest BCUT2D eigenvalue weighted by atomic mass is 16.1. The molecule has 0 unspecified atom stereocenters. The van der Waals surface area contributed by atoms with E-state index in [4.69, 9.17) is 0 Å². The summed E-state index contributed by atoms with van der Waals surface area (Å²) >= 11 is 0. The maximum absolute atomic E-state index is 11.5. The van der Waals surface area contributed by atoms with E-state index in [1.54, 1.807) is 29.0 Å². The first-order chi connectivity index (χ1) is 7.31. The van der Waals surface area contributed by atoms with Gasteiger partial charge in [0.2, 0.25) is 0 Å². The van der Waals surface area contributed by atoms with E-state index in [-0.39, 0.29) is 5.56 Å². The first-order valence-electron chi connectivity index (χ1n) is 4.72. The fourth-order valence-electron chi connectivity index (χ4n) is 1.41. The Balaban J connectivity index is 2.51. The SMILES string of the molecule is C=Cc1ccc(-n2ccccc2=O)cc1. The van der Waals surface area contributed by atoms with Gasteiger partial charge in [-0.05, 0) is 23.8 Å². The van der Waals surface area contributed by atoms with Gasteiger partial charge in [-0.1, -0.05) is 30.9 Å². The highest BCUT2D eigenvalue weighted by molar-refractivity contribution is 5.49. The van der Waals surface area contributed by atoms with Gasteiger partial charge in [0.25, 0.3) is 5.56 Å². The van der Waals surface area contributed by atoms with Gasteiger partial charge in [-0.15, -0.1) is 0 Å². The van der Waals surface area contributed by atoms with Crippen molar-refractivity contribution in [3.8, 4) is 5.69 Å². The Hall–Kier alpha value is -2.09. The van der Waals surface area contributed by atoms with Crippen LogP contribution in [0.15, 0.2) is 60.0 Å². The second-order valence-corrected chi connectivity index (χ2v) is 3.20. The molecular formula is C13H11NO. The molecule has 1 heterocycles. The fraction of sp³-hybridized carbons (Fsp3) is 0. The van der Waals surface area contributed by atoms with Gasteiger partial charge in [0.1, 0.15) is 0 Å².